The summed E-state index contributed by atoms with van der Waals surface area (Å²) in [5.41, 5.74) is 1.35. The topological polar surface area (TPSA) is 151 Å². The van der Waals surface area contributed by atoms with Gasteiger partial charge in [-0.1, -0.05) is 0 Å². The minimum Gasteiger partial charge on any atom is -0.489 e. The van der Waals surface area contributed by atoms with Crippen molar-refractivity contribution in [3.05, 3.63) is 24.2 Å². The zero-order chi connectivity index (χ0) is 25.4. The zero-order valence-corrected chi connectivity index (χ0v) is 20.5. The van der Waals surface area contributed by atoms with Gasteiger partial charge in [-0.15, -0.1) is 0 Å². The number of rotatable bonds is 10. The fourth-order valence-electron chi connectivity index (χ4n) is 3.57. The van der Waals surface area contributed by atoms with Crippen molar-refractivity contribution in [1.29, 1.82) is 0 Å². The third kappa shape index (κ3) is 7.30. The molecule has 1 aliphatic heterocycles. The monoisotopic (exact) mass is 490 g/mol. The molecule has 3 rings (SSSR count). The predicted octanol–water partition coefficient (Wildman–Crippen LogP) is 2.43. The number of anilines is 3. The Morgan fingerprint density at radius 2 is 2.00 bits per heavy atom. The van der Waals surface area contributed by atoms with Crippen LogP contribution in [0, 0.1) is 6.92 Å². The van der Waals surface area contributed by atoms with Crippen molar-refractivity contribution in [3.63, 3.8) is 0 Å². The predicted molar refractivity (Wildman–Crippen MR) is 129 cm³/mol. The molecule has 1 saturated heterocycles. The van der Waals surface area contributed by atoms with E-state index in [9.17, 15) is 9.90 Å². The molecule has 1 fully saturated rings. The first-order chi connectivity index (χ1) is 16.8. The van der Waals surface area contributed by atoms with Crippen LogP contribution in [-0.4, -0.2) is 81.4 Å². The van der Waals surface area contributed by atoms with Gasteiger partial charge in [-0.05, 0) is 32.9 Å². The Hall–Kier alpha value is -3.38. The molecule has 0 spiro atoms. The zero-order valence-electron chi connectivity index (χ0n) is 20.5. The van der Waals surface area contributed by atoms with E-state index in [1.54, 1.807) is 17.0 Å². The normalized spacial score (nSPS) is 15.0. The standard InChI is InChI=1S/C23H34N6O6/c1-14(2)34-23(32)29-10-7-16(8-11-29)35-22-20(33-4)21(24-13-25-22)27-17-5-6-18(26-15(17)3)28-19(31)9-12-30/h5-6,13-14,16,19,30-31H,7-12H2,1-4H3,(H,26,28)(H,24,25,27). The van der Waals surface area contributed by atoms with Crippen molar-refractivity contribution in [2.75, 3.05) is 37.4 Å². The van der Waals surface area contributed by atoms with Crippen molar-refractivity contribution >= 4 is 23.4 Å². The highest BCUT2D eigenvalue weighted by Gasteiger charge is 2.27. The number of carbonyl (C=O) groups excluding carboxylic acids is 1. The highest BCUT2D eigenvalue weighted by atomic mass is 16.6. The molecule has 192 valence electrons. The van der Waals surface area contributed by atoms with E-state index in [4.69, 9.17) is 19.3 Å². The molecule has 35 heavy (non-hydrogen) atoms. The van der Waals surface area contributed by atoms with E-state index in [-0.39, 0.29) is 31.3 Å². The molecule has 4 N–H and O–H groups in total. The molecule has 3 heterocycles. The summed E-state index contributed by atoms with van der Waals surface area (Å²) in [4.78, 5) is 26.8. The van der Waals surface area contributed by atoms with Crippen LogP contribution in [-0.2, 0) is 4.74 Å². The number of piperidine rings is 1. The number of nitrogens with zero attached hydrogens (tertiary/aromatic N) is 4. The van der Waals surface area contributed by atoms with Gasteiger partial charge in [0.05, 0.1) is 24.6 Å². The van der Waals surface area contributed by atoms with E-state index in [2.05, 4.69) is 25.6 Å². The van der Waals surface area contributed by atoms with Gasteiger partial charge in [0.15, 0.2) is 5.82 Å². The SMILES string of the molecule is COc1c(Nc2ccc(NC(O)CCO)nc2C)ncnc1OC1CCN(C(=O)OC(C)C)CC1. The fraction of sp³-hybridized carbons (Fsp3) is 0.565. The molecule has 0 saturated carbocycles. The number of pyridine rings is 1. The molecule has 12 heteroatoms. The van der Waals surface area contributed by atoms with Crippen molar-refractivity contribution in [1.82, 2.24) is 19.9 Å². The van der Waals surface area contributed by atoms with Gasteiger partial charge < -0.3 is 40.0 Å². The number of aryl methyl sites for hydroxylation is 1. The van der Waals surface area contributed by atoms with E-state index in [0.717, 1.165) is 0 Å². The number of amides is 1. The number of aliphatic hydroxyl groups is 2. The highest BCUT2D eigenvalue weighted by molar-refractivity contribution is 5.68. The lowest BCUT2D eigenvalue weighted by Crippen LogP contribution is -2.42. The summed E-state index contributed by atoms with van der Waals surface area (Å²) in [6.07, 6.45) is 1.39. The van der Waals surface area contributed by atoms with Crippen LogP contribution < -0.4 is 20.1 Å². The third-order valence-corrected chi connectivity index (χ3v) is 5.35. The smallest absolute Gasteiger partial charge is 0.410 e. The maximum Gasteiger partial charge on any atom is 0.410 e. The molecule has 12 nitrogen and oxygen atoms in total. The summed E-state index contributed by atoms with van der Waals surface area (Å²) in [6, 6.07) is 3.50. The van der Waals surface area contributed by atoms with Gasteiger partial charge in [0.1, 0.15) is 24.5 Å². The maximum atomic E-state index is 12.1. The first kappa shape index (κ1) is 26.2. The minimum atomic E-state index is -0.889. The Balaban J connectivity index is 1.65. The lowest BCUT2D eigenvalue weighted by atomic mass is 10.1. The van der Waals surface area contributed by atoms with Crippen molar-refractivity contribution in [2.45, 2.75) is 58.5 Å². The summed E-state index contributed by atoms with van der Waals surface area (Å²) in [6.45, 7) is 6.41. The van der Waals surface area contributed by atoms with E-state index < -0.39 is 6.23 Å². The number of likely N-dealkylation sites (tertiary alicyclic amines) is 1. The lowest BCUT2D eigenvalue weighted by molar-refractivity contribution is 0.0500. The van der Waals surface area contributed by atoms with Gasteiger partial charge in [0, 0.05) is 39.0 Å². The second kappa shape index (κ2) is 12.4. The van der Waals surface area contributed by atoms with Gasteiger partial charge in [-0.25, -0.2) is 14.8 Å². The van der Waals surface area contributed by atoms with Crippen LogP contribution in [0.15, 0.2) is 18.5 Å². The molecule has 2 aromatic rings. The summed E-state index contributed by atoms with van der Waals surface area (Å²) < 4.78 is 16.9. The Bertz CT molecular complexity index is 983. The van der Waals surface area contributed by atoms with E-state index in [1.165, 1.54) is 13.4 Å². The van der Waals surface area contributed by atoms with Crippen LogP contribution in [0.5, 0.6) is 11.6 Å². The average Bonchev–Trinajstić information content (AvgIpc) is 2.81. The van der Waals surface area contributed by atoms with Gasteiger partial charge in [0.25, 0.3) is 5.88 Å². The minimum absolute atomic E-state index is 0.130. The number of aliphatic hydroxyl groups excluding tert-OH is 2. The number of hydrogen-bond acceptors (Lipinski definition) is 11. The van der Waals surface area contributed by atoms with Crippen LogP contribution in [0.25, 0.3) is 0 Å². The van der Waals surface area contributed by atoms with E-state index >= 15 is 0 Å². The largest absolute Gasteiger partial charge is 0.489 e. The second-order valence-corrected chi connectivity index (χ2v) is 8.42. The molecule has 0 aromatic carbocycles. The van der Waals surface area contributed by atoms with Crippen molar-refractivity contribution in [3.8, 4) is 11.6 Å². The van der Waals surface area contributed by atoms with Crippen molar-refractivity contribution < 1.29 is 29.2 Å². The molecule has 0 radical (unpaired) electrons. The molecule has 0 aliphatic carbocycles. The molecule has 1 unspecified atom stereocenters. The molecule has 0 bridgehead atoms. The Labute approximate surface area is 204 Å². The number of aromatic nitrogens is 3. The number of methoxy groups -OCH3 is 1. The fourth-order valence-corrected chi connectivity index (χ4v) is 3.57. The van der Waals surface area contributed by atoms with Crippen LogP contribution in [0.1, 0.15) is 38.8 Å². The van der Waals surface area contributed by atoms with E-state index in [0.29, 0.717) is 60.6 Å². The van der Waals surface area contributed by atoms with Gasteiger partial charge in [-0.3, -0.25) is 0 Å². The van der Waals surface area contributed by atoms with Gasteiger partial charge in [0.2, 0.25) is 5.75 Å². The Kier molecular flexibility index (Phi) is 9.26. The second-order valence-electron chi connectivity index (χ2n) is 8.42. The molecule has 1 aliphatic rings. The van der Waals surface area contributed by atoms with Crippen LogP contribution in [0.3, 0.4) is 0 Å². The maximum absolute atomic E-state index is 12.1. The molecule has 1 atom stereocenters. The molecule has 1 amide bonds. The molecular weight excluding hydrogens is 456 g/mol. The van der Waals surface area contributed by atoms with Gasteiger partial charge in [-0.2, -0.15) is 4.98 Å². The van der Waals surface area contributed by atoms with Crippen LogP contribution >= 0.6 is 0 Å². The number of ether oxygens (including phenoxy) is 3. The molecule has 2 aromatic heterocycles. The van der Waals surface area contributed by atoms with Gasteiger partial charge >= 0.3 is 6.09 Å². The number of hydrogen-bond donors (Lipinski definition) is 4. The quantitative estimate of drug-likeness (QED) is 0.363. The van der Waals surface area contributed by atoms with E-state index in [1.807, 2.05) is 20.8 Å². The third-order valence-electron chi connectivity index (χ3n) is 5.35. The summed E-state index contributed by atoms with van der Waals surface area (Å²) in [7, 11) is 1.52. The van der Waals surface area contributed by atoms with Crippen LogP contribution in [0.2, 0.25) is 0 Å². The lowest BCUT2D eigenvalue weighted by Gasteiger charge is -2.31. The van der Waals surface area contributed by atoms with Crippen molar-refractivity contribution in [2.24, 2.45) is 0 Å². The Morgan fingerprint density at radius 3 is 2.63 bits per heavy atom. The summed E-state index contributed by atoms with van der Waals surface area (Å²) in [5, 5.41) is 24.8. The number of nitrogens with one attached hydrogen (secondary N) is 2. The first-order valence-electron chi connectivity index (χ1n) is 11.6. The summed E-state index contributed by atoms with van der Waals surface area (Å²) in [5.74, 6) is 1.57. The average molecular weight is 491 g/mol. The molecular formula is C23H34N6O6. The first-order valence-corrected chi connectivity index (χ1v) is 11.6. The number of carbonyl (C=O) groups is 1. The Morgan fingerprint density at radius 1 is 1.26 bits per heavy atom. The highest BCUT2D eigenvalue weighted by Crippen LogP contribution is 2.35. The van der Waals surface area contributed by atoms with Crippen LogP contribution in [0.4, 0.5) is 22.1 Å². The summed E-state index contributed by atoms with van der Waals surface area (Å²) >= 11 is 0.